The SMILES string of the molecule is Cc1nc(N2CCC3(CC2)Cc2cccnc2C3)c2ccnn2c1-c1ccncc1Cl. The molecule has 6 rings (SSSR count). The van der Waals surface area contributed by atoms with Crippen LogP contribution in [0.1, 0.15) is 29.8 Å². The number of rotatable bonds is 2. The van der Waals surface area contributed by atoms with Crippen LogP contribution in [0.15, 0.2) is 49.1 Å². The van der Waals surface area contributed by atoms with E-state index in [0.717, 1.165) is 67.1 Å². The van der Waals surface area contributed by atoms with Gasteiger partial charge in [0.15, 0.2) is 5.82 Å². The van der Waals surface area contributed by atoms with E-state index >= 15 is 0 Å². The van der Waals surface area contributed by atoms with Crippen molar-refractivity contribution in [3.63, 3.8) is 0 Å². The highest BCUT2D eigenvalue weighted by atomic mass is 35.5. The molecule has 0 bridgehead atoms. The summed E-state index contributed by atoms with van der Waals surface area (Å²) in [6, 6.07) is 8.27. The Bertz CT molecular complexity index is 1260. The maximum atomic E-state index is 6.45. The van der Waals surface area contributed by atoms with Gasteiger partial charge in [-0.2, -0.15) is 5.10 Å². The van der Waals surface area contributed by atoms with E-state index in [4.69, 9.17) is 16.6 Å². The molecule has 4 aromatic rings. The largest absolute Gasteiger partial charge is 0.355 e. The van der Waals surface area contributed by atoms with E-state index in [0.29, 0.717) is 10.4 Å². The Labute approximate surface area is 185 Å². The molecule has 0 saturated carbocycles. The van der Waals surface area contributed by atoms with Crippen LogP contribution in [0.25, 0.3) is 16.8 Å². The molecule has 0 amide bonds. The summed E-state index contributed by atoms with van der Waals surface area (Å²) in [6.45, 7) is 4.02. The fraction of sp³-hybridized carbons (Fsp3) is 0.333. The van der Waals surface area contributed by atoms with Gasteiger partial charge in [-0.05, 0) is 61.8 Å². The first-order valence-electron chi connectivity index (χ1n) is 10.8. The molecule has 5 heterocycles. The van der Waals surface area contributed by atoms with Gasteiger partial charge >= 0.3 is 0 Å². The predicted octanol–water partition coefficient (Wildman–Crippen LogP) is 4.53. The van der Waals surface area contributed by atoms with Gasteiger partial charge < -0.3 is 4.90 Å². The third kappa shape index (κ3) is 3.00. The minimum absolute atomic E-state index is 0.350. The van der Waals surface area contributed by atoms with Crippen molar-refractivity contribution in [3.8, 4) is 11.3 Å². The third-order valence-electron chi connectivity index (χ3n) is 6.94. The van der Waals surface area contributed by atoms with Crippen molar-refractivity contribution in [3.05, 3.63) is 71.0 Å². The smallest absolute Gasteiger partial charge is 0.155 e. The molecule has 1 spiro atoms. The van der Waals surface area contributed by atoms with Crippen molar-refractivity contribution < 1.29 is 0 Å². The number of hydrogen-bond donors (Lipinski definition) is 0. The fourth-order valence-corrected chi connectivity index (χ4v) is 5.55. The van der Waals surface area contributed by atoms with E-state index < -0.39 is 0 Å². The van der Waals surface area contributed by atoms with Crippen LogP contribution < -0.4 is 4.90 Å². The van der Waals surface area contributed by atoms with Crippen molar-refractivity contribution in [2.75, 3.05) is 18.0 Å². The second-order valence-electron chi connectivity index (χ2n) is 8.80. The summed E-state index contributed by atoms with van der Waals surface area (Å²) in [4.78, 5) is 16.2. The van der Waals surface area contributed by atoms with Gasteiger partial charge in [0.25, 0.3) is 0 Å². The normalized spacial score (nSPS) is 17.4. The maximum Gasteiger partial charge on any atom is 0.155 e. The number of piperidine rings is 1. The van der Waals surface area contributed by atoms with Gasteiger partial charge in [0.2, 0.25) is 0 Å². The minimum Gasteiger partial charge on any atom is -0.355 e. The van der Waals surface area contributed by atoms with Crippen LogP contribution in [0, 0.1) is 12.3 Å². The summed E-state index contributed by atoms with van der Waals surface area (Å²) >= 11 is 6.45. The second kappa shape index (κ2) is 7.02. The molecule has 31 heavy (non-hydrogen) atoms. The van der Waals surface area contributed by atoms with Crippen molar-refractivity contribution in [2.24, 2.45) is 5.41 Å². The summed E-state index contributed by atoms with van der Waals surface area (Å²) in [5.41, 5.74) is 6.82. The first-order valence-corrected chi connectivity index (χ1v) is 11.1. The quantitative estimate of drug-likeness (QED) is 0.467. The Balaban J connectivity index is 1.33. The molecule has 1 fully saturated rings. The first kappa shape index (κ1) is 18.8. The van der Waals surface area contributed by atoms with Crippen LogP contribution in [0.4, 0.5) is 5.82 Å². The van der Waals surface area contributed by atoms with Crippen molar-refractivity contribution >= 4 is 22.9 Å². The Morgan fingerprint density at radius 2 is 1.90 bits per heavy atom. The highest BCUT2D eigenvalue weighted by Crippen LogP contribution is 2.45. The molecule has 0 atom stereocenters. The van der Waals surface area contributed by atoms with Gasteiger partial charge in [-0.15, -0.1) is 0 Å². The topological polar surface area (TPSA) is 59.2 Å². The van der Waals surface area contributed by atoms with Crippen LogP contribution in [0.2, 0.25) is 5.02 Å². The molecule has 156 valence electrons. The molecule has 4 aromatic heterocycles. The molecule has 2 aliphatic rings. The molecule has 1 aliphatic heterocycles. The maximum absolute atomic E-state index is 6.45. The van der Waals surface area contributed by atoms with Crippen LogP contribution in [-0.2, 0) is 12.8 Å². The van der Waals surface area contributed by atoms with Gasteiger partial charge in [0.05, 0.1) is 22.6 Å². The number of nitrogens with zero attached hydrogens (tertiary/aromatic N) is 6. The zero-order valence-electron chi connectivity index (χ0n) is 17.4. The van der Waals surface area contributed by atoms with E-state index in [1.807, 2.05) is 36.0 Å². The van der Waals surface area contributed by atoms with Crippen LogP contribution in [0.5, 0.6) is 0 Å². The van der Waals surface area contributed by atoms with Crippen LogP contribution >= 0.6 is 11.6 Å². The molecule has 0 N–H and O–H groups in total. The van der Waals surface area contributed by atoms with E-state index in [2.05, 4.69) is 32.1 Å². The molecule has 1 aliphatic carbocycles. The fourth-order valence-electron chi connectivity index (χ4n) is 5.34. The van der Waals surface area contributed by atoms with Crippen molar-refractivity contribution in [2.45, 2.75) is 32.6 Å². The van der Waals surface area contributed by atoms with E-state index in [1.54, 1.807) is 12.4 Å². The van der Waals surface area contributed by atoms with Crippen LogP contribution in [-0.4, -0.2) is 37.7 Å². The average Bonchev–Trinajstić information content (AvgIpc) is 3.39. The zero-order chi connectivity index (χ0) is 21.0. The lowest BCUT2D eigenvalue weighted by atomic mass is 9.76. The van der Waals surface area contributed by atoms with Gasteiger partial charge in [0.1, 0.15) is 5.52 Å². The first-order chi connectivity index (χ1) is 15.1. The molecule has 0 radical (unpaired) electrons. The number of aromatic nitrogens is 5. The minimum atomic E-state index is 0.350. The lowest BCUT2D eigenvalue weighted by Crippen LogP contribution is -2.41. The summed E-state index contributed by atoms with van der Waals surface area (Å²) in [5, 5.41) is 5.22. The number of fused-ring (bicyclic) bond motifs is 2. The Kier molecular flexibility index (Phi) is 4.25. The number of aryl methyl sites for hydroxylation is 1. The predicted molar refractivity (Wildman–Crippen MR) is 121 cm³/mol. The molecular weight excluding hydrogens is 408 g/mol. The lowest BCUT2D eigenvalue weighted by molar-refractivity contribution is 0.231. The second-order valence-corrected chi connectivity index (χ2v) is 9.21. The van der Waals surface area contributed by atoms with E-state index in [-0.39, 0.29) is 0 Å². The summed E-state index contributed by atoms with van der Waals surface area (Å²) in [6.07, 6.45) is 11.7. The van der Waals surface area contributed by atoms with Gasteiger partial charge in [-0.1, -0.05) is 17.7 Å². The number of anilines is 1. The molecular formula is C24H23ClN6. The van der Waals surface area contributed by atoms with Gasteiger partial charge in [-0.25, -0.2) is 9.50 Å². The highest BCUT2D eigenvalue weighted by molar-refractivity contribution is 6.33. The average molecular weight is 431 g/mol. The third-order valence-corrected chi connectivity index (χ3v) is 7.24. The molecule has 0 aromatic carbocycles. The molecule has 7 heteroatoms. The Hall–Kier alpha value is -2.99. The van der Waals surface area contributed by atoms with Gasteiger partial charge in [0, 0.05) is 42.9 Å². The molecule has 6 nitrogen and oxygen atoms in total. The monoisotopic (exact) mass is 430 g/mol. The van der Waals surface area contributed by atoms with E-state index in [1.165, 1.54) is 11.3 Å². The highest BCUT2D eigenvalue weighted by Gasteiger charge is 2.41. The Morgan fingerprint density at radius 3 is 2.71 bits per heavy atom. The lowest BCUT2D eigenvalue weighted by Gasteiger charge is -2.40. The van der Waals surface area contributed by atoms with Crippen molar-refractivity contribution in [1.82, 2.24) is 24.6 Å². The number of hydrogen-bond acceptors (Lipinski definition) is 5. The van der Waals surface area contributed by atoms with E-state index in [9.17, 15) is 0 Å². The molecule has 1 saturated heterocycles. The zero-order valence-corrected chi connectivity index (χ0v) is 18.2. The standard InChI is InChI=1S/C24H23ClN6/c1-16-22(18-4-9-26-15-19(18)25)31-21(5-10-28-31)23(29-16)30-11-6-24(7-12-30)13-17-3-2-8-27-20(17)14-24/h2-5,8-10,15H,6-7,11-14H2,1H3. The summed E-state index contributed by atoms with van der Waals surface area (Å²) < 4.78 is 1.97. The van der Waals surface area contributed by atoms with Crippen LogP contribution in [0.3, 0.4) is 0 Å². The summed E-state index contributed by atoms with van der Waals surface area (Å²) in [7, 11) is 0. The Morgan fingerprint density at radius 1 is 1.03 bits per heavy atom. The molecule has 0 unspecified atom stereocenters. The number of pyridine rings is 2. The number of halogens is 1. The van der Waals surface area contributed by atoms with Crippen molar-refractivity contribution in [1.29, 1.82) is 0 Å². The summed E-state index contributed by atoms with van der Waals surface area (Å²) in [5.74, 6) is 1.01. The van der Waals surface area contributed by atoms with Gasteiger partial charge in [-0.3, -0.25) is 9.97 Å².